The van der Waals surface area contributed by atoms with Crippen LogP contribution in [-0.4, -0.2) is 6.04 Å². The highest BCUT2D eigenvalue weighted by atomic mass is 15.2. The maximum atomic E-state index is 5.85. The molecule has 0 aliphatic heterocycles. The van der Waals surface area contributed by atoms with Gasteiger partial charge in [-0.25, -0.2) is 0 Å². The van der Waals surface area contributed by atoms with Crippen LogP contribution in [0.2, 0.25) is 0 Å². The number of hydrogen-bond acceptors (Lipinski definition) is 2. The zero-order chi connectivity index (χ0) is 13.0. The summed E-state index contributed by atoms with van der Waals surface area (Å²) in [6.45, 7) is 4.61. The van der Waals surface area contributed by atoms with Gasteiger partial charge in [-0.2, -0.15) is 0 Å². The number of hydrogen-bond donors (Lipinski definition) is 2. The zero-order valence-corrected chi connectivity index (χ0v) is 12.3. The largest absolute Gasteiger partial charge is 0.271 e. The van der Waals surface area contributed by atoms with Crippen molar-refractivity contribution in [2.24, 2.45) is 29.5 Å². The molecule has 0 saturated heterocycles. The van der Waals surface area contributed by atoms with E-state index in [4.69, 9.17) is 5.84 Å². The molecular formula is C16H32N2. The molecule has 2 fully saturated rings. The van der Waals surface area contributed by atoms with Gasteiger partial charge in [0.15, 0.2) is 0 Å². The van der Waals surface area contributed by atoms with Crippen molar-refractivity contribution >= 4 is 0 Å². The van der Waals surface area contributed by atoms with E-state index in [0.717, 1.165) is 23.7 Å². The predicted octanol–water partition coefficient (Wildman–Crippen LogP) is 3.86. The predicted molar refractivity (Wildman–Crippen MR) is 78.0 cm³/mol. The third-order valence-electron chi connectivity index (χ3n) is 5.68. The van der Waals surface area contributed by atoms with Crippen LogP contribution < -0.4 is 11.3 Å². The Balaban J connectivity index is 1.83. The lowest BCUT2D eigenvalue weighted by Crippen LogP contribution is -2.42. The quantitative estimate of drug-likeness (QED) is 0.508. The van der Waals surface area contributed by atoms with Crippen LogP contribution in [0.3, 0.4) is 0 Å². The number of fused-ring (bicyclic) bond motifs is 2. The molecule has 5 unspecified atom stereocenters. The lowest BCUT2D eigenvalue weighted by Gasteiger charge is -2.31. The Kier molecular flexibility index (Phi) is 5.50. The molecule has 0 amide bonds. The molecule has 5 atom stereocenters. The lowest BCUT2D eigenvalue weighted by atomic mass is 9.79. The molecule has 2 aliphatic carbocycles. The van der Waals surface area contributed by atoms with E-state index in [1.165, 1.54) is 57.8 Å². The van der Waals surface area contributed by atoms with Crippen molar-refractivity contribution in [2.75, 3.05) is 0 Å². The molecule has 0 heterocycles. The Morgan fingerprint density at radius 3 is 2.56 bits per heavy atom. The summed E-state index contributed by atoms with van der Waals surface area (Å²) in [6.07, 6.45) is 12.6. The molecule has 2 saturated carbocycles. The number of unbranched alkanes of at least 4 members (excludes halogenated alkanes) is 1. The van der Waals surface area contributed by atoms with Gasteiger partial charge < -0.3 is 0 Å². The molecule has 3 N–H and O–H groups in total. The zero-order valence-electron chi connectivity index (χ0n) is 12.3. The monoisotopic (exact) mass is 252 g/mol. The van der Waals surface area contributed by atoms with Crippen molar-refractivity contribution in [1.29, 1.82) is 0 Å². The van der Waals surface area contributed by atoms with E-state index in [1.807, 2.05) is 0 Å². The molecule has 2 rings (SSSR count). The van der Waals surface area contributed by atoms with Crippen molar-refractivity contribution in [3.05, 3.63) is 0 Å². The SMILES string of the molecule is CCCCC(CC)C(CC1CC2CCC1C2)NN. The van der Waals surface area contributed by atoms with Gasteiger partial charge in [0, 0.05) is 6.04 Å². The normalized spacial score (nSPS) is 33.8. The van der Waals surface area contributed by atoms with Gasteiger partial charge in [-0.3, -0.25) is 11.3 Å². The Bertz CT molecular complexity index is 241. The maximum Gasteiger partial charge on any atom is 0.0241 e. The Morgan fingerprint density at radius 2 is 2.06 bits per heavy atom. The van der Waals surface area contributed by atoms with Crippen molar-refractivity contribution in [3.63, 3.8) is 0 Å². The Labute approximate surface area is 113 Å². The average molecular weight is 252 g/mol. The van der Waals surface area contributed by atoms with Crippen LogP contribution in [0.15, 0.2) is 0 Å². The summed E-state index contributed by atoms with van der Waals surface area (Å²) in [5.74, 6) is 9.71. The van der Waals surface area contributed by atoms with E-state index in [2.05, 4.69) is 19.3 Å². The summed E-state index contributed by atoms with van der Waals surface area (Å²) >= 11 is 0. The van der Waals surface area contributed by atoms with Gasteiger partial charge in [0.1, 0.15) is 0 Å². The molecule has 106 valence electrons. The topological polar surface area (TPSA) is 38.0 Å². The van der Waals surface area contributed by atoms with E-state index >= 15 is 0 Å². The summed E-state index contributed by atoms with van der Waals surface area (Å²) in [4.78, 5) is 0. The minimum absolute atomic E-state index is 0.561. The molecule has 2 aliphatic rings. The van der Waals surface area contributed by atoms with Crippen LogP contribution in [0.5, 0.6) is 0 Å². The van der Waals surface area contributed by atoms with E-state index in [9.17, 15) is 0 Å². The van der Waals surface area contributed by atoms with Gasteiger partial charge in [-0.05, 0) is 55.8 Å². The minimum Gasteiger partial charge on any atom is -0.271 e. The second-order valence-electron chi connectivity index (χ2n) is 6.75. The van der Waals surface area contributed by atoms with E-state index < -0.39 is 0 Å². The van der Waals surface area contributed by atoms with E-state index in [0.29, 0.717) is 6.04 Å². The summed E-state index contributed by atoms with van der Waals surface area (Å²) < 4.78 is 0. The molecule has 2 bridgehead atoms. The first-order chi connectivity index (χ1) is 8.78. The van der Waals surface area contributed by atoms with E-state index in [1.54, 1.807) is 0 Å². The summed E-state index contributed by atoms with van der Waals surface area (Å²) in [5, 5.41) is 0. The molecule has 0 radical (unpaired) electrons. The third-order valence-corrected chi connectivity index (χ3v) is 5.68. The van der Waals surface area contributed by atoms with Crippen LogP contribution in [0.1, 0.15) is 71.6 Å². The Hall–Kier alpha value is -0.0800. The number of hydrazine groups is 1. The standard InChI is InChI=1S/C16H32N2/c1-3-5-6-13(4-2)16(18-17)11-15-10-12-7-8-14(15)9-12/h12-16,18H,3-11,17H2,1-2H3. The fraction of sp³-hybridized carbons (Fsp3) is 1.00. The van der Waals surface area contributed by atoms with Crippen LogP contribution >= 0.6 is 0 Å². The van der Waals surface area contributed by atoms with E-state index in [-0.39, 0.29) is 0 Å². The first-order valence-electron chi connectivity index (χ1n) is 8.24. The summed E-state index contributed by atoms with van der Waals surface area (Å²) in [5.41, 5.74) is 3.15. The van der Waals surface area contributed by atoms with Gasteiger partial charge in [-0.15, -0.1) is 0 Å². The molecule has 18 heavy (non-hydrogen) atoms. The van der Waals surface area contributed by atoms with Crippen molar-refractivity contribution in [2.45, 2.75) is 77.7 Å². The van der Waals surface area contributed by atoms with Crippen LogP contribution in [0.4, 0.5) is 0 Å². The van der Waals surface area contributed by atoms with Gasteiger partial charge in [0.25, 0.3) is 0 Å². The molecule has 0 aromatic rings. The number of nitrogens with one attached hydrogen (secondary N) is 1. The highest BCUT2D eigenvalue weighted by Crippen LogP contribution is 2.50. The molecule has 0 spiro atoms. The molecular weight excluding hydrogens is 220 g/mol. The lowest BCUT2D eigenvalue weighted by molar-refractivity contribution is 0.224. The number of nitrogens with two attached hydrogens (primary N) is 1. The van der Waals surface area contributed by atoms with Crippen LogP contribution in [0, 0.1) is 23.7 Å². The average Bonchev–Trinajstić information content (AvgIpc) is 3.00. The van der Waals surface area contributed by atoms with Gasteiger partial charge in [-0.1, -0.05) is 39.5 Å². The Morgan fingerprint density at radius 1 is 1.22 bits per heavy atom. The molecule has 0 aromatic heterocycles. The van der Waals surface area contributed by atoms with Crippen molar-refractivity contribution in [3.8, 4) is 0 Å². The van der Waals surface area contributed by atoms with Gasteiger partial charge in [0.2, 0.25) is 0 Å². The molecule has 0 aromatic carbocycles. The molecule has 2 nitrogen and oxygen atoms in total. The second kappa shape index (κ2) is 6.91. The second-order valence-corrected chi connectivity index (χ2v) is 6.75. The summed E-state index contributed by atoms with van der Waals surface area (Å²) in [6, 6.07) is 0.561. The van der Waals surface area contributed by atoms with Crippen molar-refractivity contribution in [1.82, 2.24) is 5.43 Å². The van der Waals surface area contributed by atoms with Crippen molar-refractivity contribution < 1.29 is 0 Å². The fourth-order valence-electron chi connectivity index (χ4n) is 4.54. The smallest absolute Gasteiger partial charge is 0.0241 e. The summed E-state index contributed by atoms with van der Waals surface area (Å²) in [7, 11) is 0. The highest BCUT2D eigenvalue weighted by Gasteiger charge is 2.40. The van der Waals surface area contributed by atoms with Gasteiger partial charge >= 0.3 is 0 Å². The first-order valence-corrected chi connectivity index (χ1v) is 8.24. The highest BCUT2D eigenvalue weighted by molar-refractivity contribution is 4.92. The molecule has 2 heteroatoms. The minimum atomic E-state index is 0.561. The first kappa shape index (κ1) is 14.3. The van der Waals surface area contributed by atoms with Crippen LogP contribution in [-0.2, 0) is 0 Å². The fourth-order valence-corrected chi connectivity index (χ4v) is 4.54. The third kappa shape index (κ3) is 3.27. The number of rotatable bonds is 8. The van der Waals surface area contributed by atoms with Crippen LogP contribution in [0.25, 0.3) is 0 Å². The maximum absolute atomic E-state index is 5.85. The van der Waals surface area contributed by atoms with Gasteiger partial charge in [0.05, 0.1) is 0 Å².